The number of rotatable bonds is 2. The summed E-state index contributed by atoms with van der Waals surface area (Å²) in [5, 5.41) is 11.7. The van der Waals surface area contributed by atoms with Crippen molar-refractivity contribution >= 4 is 10.9 Å². The first-order valence-electron chi connectivity index (χ1n) is 6.88. The SMILES string of the molecule is Cc1cc(C(O)C2CCOCC2)c2ccccc2n1. The van der Waals surface area contributed by atoms with Gasteiger partial charge in [0.05, 0.1) is 11.6 Å². The highest BCUT2D eigenvalue weighted by molar-refractivity contribution is 5.82. The van der Waals surface area contributed by atoms with Crippen LogP contribution in [-0.4, -0.2) is 23.3 Å². The van der Waals surface area contributed by atoms with Crippen molar-refractivity contribution in [2.45, 2.75) is 25.9 Å². The van der Waals surface area contributed by atoms with E-state index in [2.05, 4.69) is 4.98 Å². The second kappa shape index (κ2) is 5.27. The van der Waals surface area contributed by atoms with Crippen LogP contribution in [0.1, 0.15) is 30.2 Å². The molecular formula is C16H19NO2. The fourth-order valence-electron chi connectivity index (χ4n) is 2.87. The molecule has 1 aromatic heterocycles. The van der Waals surface area contributed by atoms with Gasteiger partial charge in [0.15, 0.2) is 0 Å². The quantitative estimate of drug-likeness (QED) is 0.899. The summed E-state index contributed by atoms with van der Waals surface area (Å²) in [6.45, 7) is 3.49. The lowest BCUT2D eigenvalue weighted by molar-refractivity contribution is 0.00769. The molecule has 0 bridgehead atoms. The third kappa shape index (κ3) is 2.48. The van der Waals surface area contributed by atoms with Crippen LogP contribution >= 0.6 is 0 Å². The number of hydrogen-bond donors (Lipinski definition) is 1. The molecule has 1 N–H and O–H groups in total. The van der Waals surface area contributed by atoms with Crippen molar-refractivity contribution in [1.29, 1.82) is 0 Å². The van der Waals surface area contributed by atoms with Gasteiger partial charge < -0.3 is 9.84 Å². The molecule has 1 aliphatic heterocycles. The minimum Gasteiger partial charge on any atom is -0.388 e. The van der Waals surface area contributed by atoms with Gasteiger partial charge in [0.25, 0.3) is 0 Å². The summed E-state index contributed by atoms with van der Waals surface area (Å²) in [6.07, 6.45) is 1.43. The van der Waals surface area contributed by atoms with Crippen LogP contribution in [0.3, 0.4) is 0 Å². The average molecular weight is 257 g/mol. The zero-order chi connectivity index (χ0) is 13.2. The van der Waals surface area contributed by atoms with Gasteiger partial charge >= 0.3 is 0 Å². The van der Waals surface area contributed by atoms with Crippen LogP contribution in [0.25, 0.3) is 10.9 Å². The van der Waals surface area contributed by atoms with Crippen LogP contribution < -0.4 is 0 Å². The highest BCUT2D eigenvalue weighted by Crippen LogP contribution is 2.33. The van der Waals surface area contributed by atoms with Gasteiger partial charge in [-0.05, 0) is 43.4 Å². The van der Waals surface area contributed by atoms with Gasteiger partial charge in [-0.15, -0.1) is 0 Å². The van der Waals surface area contributed by atoms with Crippen molar-refractivity contribution in [3.8, 4) is 0 Å². The van der Waals surface area contributed by atoms with E-state index in [-0.39, 0.29) is 0 Å². The van der Waals surface area contributed by atoms with Gasteiger partial charge in [0, 0.05) is 24.3 Å². The minimum absolute atomic E-state index is 0.291. The summed E-state index contributed by atoms with van der Waals surface area (Å²) in [7, 11) is 0. The van der Waals surface area contributed by atoms with Gasteiger partial charge in [0.1, 0.15) is 0 Å². The molecule has 1 unspecified atom stereocenters. The molecule has 0 amide bonds. The highest BCUT2D eigenvalue weighted by atomic mass is 16.5. The van der Waals surface area contributed by atoms with E-state index in [1.54, 1.807) is 0 Å². The number of aromatic nitrogens is 1. The normalized spacial score (nSPS) is 18.6. The van der Waals surface area contributed by atoms with Crippen LogP contribution in [0, 0.1) is 12.8 Å². The summed E-state index contributed by atoms with van der Waals surface area (Å²) in [5.74, 6) is 0.291. The number of benzene rings is 1. The van der Waals surface area contributed by atoms with Gasteiger partial charge in [-0.2, -0.15) is 0 Å². The summed E-state index contributed by atoms with van der Waals surface area (Å²) in [5.41, 5.74) is 2.93. The Hall–Kier alpha value is -1.45. The first kappa shape index (κ1) is 12.6. The Balaban J connectivity index is 2.03. The number of nitrogens with zero attached hydrogens (tertiary/aromatic N) is 1. The van der Waals surface area contributed by atoms with Crippen LogP contribution in [-0.2, 0) is 4.74 Å². The molecule has 3 rings (SSSR count). The number of pyridine rings is 1. The maximum atomic E-state index is 10.7. The van der Waals surface area contributed by atoms with Crippen LogP contribution in [0.2, 0.25) is 0 Å². The predicted molar refractivity (Wildman–Crippen MR) is 75.0 cm³/mol. The summed E-state index contributed by atoms with van der Waals surface area (Å²) >= 11 is 0. The van der Waals surface area contributed by atoms with E-state index in [1.807, 2.05) is 37.3 Å². The Kier molecular flexibility index (Phi) is 3.49. The molecule has 3 heteroatoms. The van der Waals surface area contributed by atoms with Gasteiger partial charge in [0.2, 0.25) is 0 Å². The minimum atomic E-state index is -0.421. The van der Waals surface area contributed by atoms with Gasteiger partial charge in [-0.1, -0.05) is 18.2 Å². The molecule has 19 heavy (non-hydrogen) atoms. The molecule has 1 saturated heterocycles. The van der Waals surface area contributed by atoms with Crippen molar-refractivity contribution in [3.05, 3.63) is 41.6 Å². The second-order valence-corrected chi connectivity index (χ2v) is 5.26. The third-order valence-electron chi connectivity index (χ3n) is 3.91. The largest absolute Gasteiger partial charge is 0.388 e. The van der Waals surface area contributed by atoms with Crippen molar-refractivity contribution in [1.82, 2.24) is 4.98 Å². The Morgan fingerprint density at radius 2 is 2.00 bits per heavy atom. The molecule has 1 fully saturated rings. The van der Waals surface area contributed by atoms with Crippen LogP contribution in [0.15, 0.2) is 30.3 Å². The van der Waals surface area contributed by atoms with Crippen molar-refractivity contribution in [2.24, 2.45) is 5.92 Å². The first-order chi connectivity index (χ1) is 9.25. The maximum absolute atomic E-state index is 10.7. The van der Waals surface area contributed by atoms with E-state index < -0.39 is 6.10 Å². The Labute approximate surface area is 113 Å². The number of hydrogen-bond acceptors (Lipinski definition) is 3. The predicted octanol–water partition coefficient (Wildman–Crippen LogP) is 3.00. The van der Waals surface area contributed by atoms with E-state index in [0.29, 0.717) is 5.92 Å². The number of aliphatic hydroxyl groups excluding tert-OH is 1. The third-order valence-corrected chi connectivity index (χ3v) is 3.91. The van der Waals surface area contributed by atoms with E-state index >= 15 is 0 Å². The molecule has 0 saturated carbocycles. The molecule has 1 atom stereocenters. The molecule has 2 aromatic rings. The van der Waals surface area contributed by atoms with Gasteiger partial charge in [-0.3, -0.25) is 4.98 Å². The lowest BCUT2D eigenvalue weighted by Crippen LogP contribution is -2.22. The fourth-order valence-corrected chi connectivity index (χ4v) is 2.87. The first-order valence-corrected chi connectivity index (χ1v) is 6.88. The zero-order valence-electron chi connectivity index (χ0n) is 11.2. The Bertz CT molecular complexity index is 576. The number of ether oxygens (including phenoxy) is 1. The van der Waals surface area contributed by atoms with Crippen LogP contribution in [0.5, 0.6) is 0 Å². The monoisotopic (exact) mass is 257 g/mol. The van der Waals surface area contributed by atoms with Crippen molar-refractivity contribution in [2.75, 3.05) is 13.2 Å². The molecule has 2 heterocycles. The molecule has 0 aliphatic carbocycles. The lowest BCUT2D eigenvalue weighted by atomic mass is 9.88. The number of aliphatic hydroxyl groups is 1. The molecule has 0 spiro atoms. The zero-order valence-corrected chi connectivity index (χ0v) is 11.2. The highest BCUT2D eigenvalue weighted by Gasteiger charge is 2.25. The lowest BCUT2D eigenvalue weighted by Gasteiger charge is -2.27. The van der Waals surface area contributed by atoms with Crippen molar-refractivity contribution < 1.29 is 9.84 Å². The molecule has 0 radical (unpaired) electrons. The topological polar surface area (TPSA) is 42.4 Å². The summed E-state index contributed by atoms with van der Waals surface area (Å²) in [6, 6.07) is 10.0. The fraction of sp³-hybridized carbons (Fsp3) is 0.438. The molecule has 1 aliphatic rings. The number of fused-ring (bicyclic) bond motifs is 1. The van der Waals surface area contributed by atoms with E-state index in [4.69, 9.17) is 4.74 Å². The van der Waals surface area contributed by atoms with Crippen molar-refractivity contribution in [3.63, 3.8) is 0 Å². The Morgan fingerprint density at radius 3 is 2.79 bits per heavy atom. The van der Waals surface area contributed by atoms with E-state index in [9.17, 15) is 5.11 Å². The van der Waals surface area contributed by atoms with Gasteiger partial charge in [-0.25, -0.2) is 0 Å². The molecular weight excluding hydrogens is 238 g/mol. The smallest absolute Gasteiger partial charge is 0.0827 e. The number of para-hydroxylation sites is 1. The summed E-state index contributed by atoms with van der Waals surface area (Å²) < 4.78 is 5.37. The van der Waals surface area contributed by atoms with E-state index in [1.165, 1.54) is 0 Å². The second-order valence-electron chi connectivity index (χ2n) is 5.26. The maximum Gasteiger partial charge on any atom is 0.0827 e. The molecule has 100 valence electrons. The van der Waals surface area contributed by atoms with Crippen LogP contribution in [0.4, 0.5) is 0 Å². The molecule has 3 nitrogen and oxygen atoms in total. The summed E-state index contributed by atoms with van der Waals surface area (Å²) in [4.78, 5) is 4.53. The van der Waals surface area contributed by atoms with E-state index in [0.717, 1.165) is 48.2 Å². The molecule has 1 aromatic carbocycles. The standard InChI is InChI=1S/C16H19NO2/c1-11-10-14(13-4-2-3-5-15(13)17-11)16(18)12-6-8-19-9-7-12/h2-5,10,12,16,18H,6-9H2,1H3. The number of aryl methyl sites for hydroxylation is 1. The average Bonchev–Trinajstić information content (AvgIpc) is 2.46. The Morgan fingerprint density at radius 1 is 1.26 bits per heavy atom.